The minimum absolute atomic E-state index is 0.0953. The lowest BCUT2D eigenvalue weighted by atomic mass is 10.2. The summed E-state index contributed by atoms with van der Waals surface area (Å²) in [6.45, 7) is 0.390. The lowest BCUT2D eigenvalue weighted by Crippen LogP contribution is -2.24. The fourth-order valence-corrected chi connectivity index (χ4v) is 2.48. The van der Waals surface area contributed by atoms with Crippen molar-refractivity contribution in [1.29, 1.82) is 0 Å². The summed E-state index contributed by atoms with van der Waals surface area (Å²) in [5.41, 5.74) is 0.865. The molecule has 110 valence electrons. The highest BCUT2D eigenvalue weighted by molar-refractivity contribution is 7.99. The summed E-state index contributed by atoms with van der Waals surface area (Å²) in [6, 6.07) is 6.06. The fourth-order valence-electron chi connectivity index (χ4n) is 1.85. The molecule has 1 aliphatic carbocycles. The van der Waals surface area contributed by atoms with Crippen LogP contribution in [0.5, 0.6) is 0 Å². The van der Waals surface area contributed by atoms with Crippen molar-refractivity contribution in [3.63, 3.8) is 0 Å². The molecule has 1 heterocycles. The maximum atomic E-state index is 12.7. The van der Waals surface area contributed by atoms with Crippen LogP contribution in [0, 0.1) is 5.82 Å². The largest absolute Gasteiger partial charge is 0.351 e. The van der Waals surface area contributed by atoms with Gasteiger partial charge < -0.3 is 5.32 Å². The van der Waals surface area contributed by atoms with Gasteiger partial charge in [-0.25, -0.2) is 9.37 Å². The Morgan fingerprint density at radius 3 is 2.86 bits per heavy atom. The zero-order valence-corrected chi connectivity index (χ0v) is 12.1. The molecule has 1 amide bonds. The van der Waals surface area contributed by atoms with Crippen LogP contribution in [0.3, 0.4) is 0 Å². The summed E-state index contributed by atoms with van der Waals surface area (Å²) in [7, 11) is 0. The van der Waals surface area contributed by atoms with Gasteiger partial charge in [0.1, 0.15) is 11.6 Å². The van der Waals surface area contributed by atoms with Crippen molar-refractivity contribution in [1.82, 2.24) is 20.5 Å². The molecule has 0 radical (unpaired) electrons. The highest BCUT2D eigenvalue weighted by Crippen LogP contribution is 2.38. The van der Waals surface area contributed by atoms with E-state index in [2.05, 4.69) is 20.5 Å². The molecular formula is C14H15FN4OS. The van der Waals surface area contributed by atoms with Crippen molar-refractivity contribution < 1.29 is 9.18 Å². The summed E-state index contributed by atoms with van der Waals surface area (Å²) in [5.74, 6) is 1.34. The molecule has 1 aromatic heterocycles. The van der Waals surface area contributed by atoms with Gasteiger partial charge in [0, 0.05) is 12.5 Å². The Balaban J connectivity index is 1.42. The second kappa shape index (κ2) is 6.26. The molecule has 3 rings (SSSR count). The molecule has 0 unspecified atom stereocenters. The number of nitrogens with one attached hydrogen (secondary N) is 2. The number of nitrogens with zero attached hydrogens (tertiary/aromatic N) is 2. The third-order valence-corrected chi connectivity index (χ3v) is 4.03. The van der Waals surface area contributed by atoms with Crippen LogP contribution < -0.4 is 5.32 Å². The predicted molar refractivity (Wildman–Crippen MR) is 77.3 cm³/mol. The first-order valence-electron chi connectivity index (χ1n) is 6.77. The molecule has 0 bridgehead atoms. The first kappa shape index (κ1) is 14.1. The number of H-pyrrole nitrogens is 1. The number of aromatic nitrogens is 3. The van der Waals surface area contributed by atoms with Crippen molar-refractivity contribution in [2.45, 2.75) is 30.5 Å². The number of halogens is 1. The Morgan fingerprint density at radius 2 is 2.14 bits per heavy atom. The van der Waals surface area contributed by atoms with Crippen LogP contribution >= 0.6 is 11.8 Å². The van der Waals surface area contributed by atoms with E-state index in [9.17, 15) is 9.18 Å². The summed E-state index contributed by atoms with van der Waals surface area (Å²) in [6.07, 6.45) is 2.33. The van der Waals surface area contributed by atoms with Crippen molar-refractivity contribution in [2.75, 3.05) is 5.75 Å². The second-order valence-electron chi connectivity index (χ2n) is 4.97. The lowest BCUT2D eigenvalue weighted by Gasteiger charge is -2.04. The van der Waals surface area contributed by atoms with E-state index in [1.165, 1.54) is 23.9 Å². The second-order valence-corrected chi connectivity index (χ2v) is 5.91. The van der Waals surface area contributed by atoms with Gasteiger partial charge >= 0.3 is 0 Å². The smallest absolute Gasteiger partial charge is 0.230 e. The van der Waals surface area contributed by atoms with Gasteiger partial charge in [0.25, 0.3) is 0 Å². The molecule has 0 aliphatic heterocycles. The zero-order valence-electron chi connectivity index (χ0n) is 11.3. The predicted octanol–water partition coefficient (Wildman–Crippen LogP) is 2.23. The van der Waals surface area contributed by atoms with Crippen LogP contribution in [-0.4, -0.2) is 26.8 Å². The Morgan fingerprint density at radius 1 is 1.38 bits per heavy atom. The molecule has 1 fully saturated rings. The number of rotatable bonds is 6. The molecule has 2 aromatic rings. The van der Waals surface area contributed by atoms with E-state index in [4.69, 9.17) is 0 Å². The molecule has 2 N–H and O–H groups in total. The van der Waals surface area contributed by atoms with E-state index >= 15 is 0 Å². The summed E-state index contributed by atoms with van der Waals surface area (Å²) < 4.78 is 12.7. The molecule has 7 heteroatoms. The number of carbonyl (C=O) groups excluding carboxylic acids is 1. The Hall–Kier alpha value is -1.89. The SMILES string of the molecule is O=C(CSc1n[nH]c(C2CC2)n1)NCc1ccc(F)cc1. The van der Waals surface area contributed by atoms with Crippen LogP contribution in [0.1, 0.15) is 30.1 Å². The number of thioether (sulfide) groups is 1. The van der Waals surface area contributed by atoms with Gasteiger partial charge in [-0.3, -0.25) is 9.89 Å². The highest BCUT2D eigenvalue weighted by Gasteiger charge is 2.27. The van der Waals surface area contributed by atoms with Gasteiger partial charge in [0.15, 0.2) is 0 Å². The van der Waals surface area contributed by atoms with Gasteiger partial charge in [0.05, 0.1) is 5.75 Å². The molecular weight excluding hydrogens is 291 g/mol. The number of aromatic amines is 1. The number of amides is 1. The van der Waals surface area contributed by atoms with E-state index < -0.39 is 0 Å². The molecule has 0 saturated heterocycles. The topological polar surface area (TPSA) is 70.7 Å². The summed E-state index contributed by atoms with van der Waals surface area (Å²) >= 11 is 1.31. The maximum Gasteiger partial charge on any atom is 0.230 e. The van der Waals surface area contributed by atoms with Crippen LogP contribution in [0.2, 0.25) is 0 Å². The highest BCUT2D eigenvalue weighted by atomic mass is 32.2. The summed E-state index contributed by atoms with van der Waals surface area (Å²) in [4.78, 5) is 16.1. The Bertz CT molecular complexity index is 624. The number of benzene rings is 1. The van der Waals surface area contributed by atoms with Crippen molar-refractivity contribution in [2.24, 2.45) is 0 Å². The zero-order chi connectivity index (χ0) is 14.7. The Labute approximate surface area is 125 Å². The van der Waals surface area contributed by atoms with E-state index in [0.717, 1.165) is 24.2 Å². The van der Waals surface area contributed by atoms with E-state index in [1.807, 2.05) is 0 Å². The van der Waals surface area contributed by atoms with Gasteiger partial charge in [-0.1, -0.05) is 23.9 Å². The standard InChI is InChI=1S/C14H15FN4OS/c15-11-5-1-9(2-6-11)7-16-12(20)8-21-14-17-13(18-19-14)10-3-4-10/h1-2,5-6,10H,3-4,7-8H2,(H,16,20)(H,17,18,19). The molecule has 21 heavy (non-hydrogen) atoms. The van der Waals surface area contributed by atoms with Gasteiger partial charge in [0.2, 0.25) is 11.1 Å². The summed E-state index contributed by atoms with van der Waals surface area (Å²) in [5, 5.41) is 10.4. The lowest BCUT2D eigenvalue weighted by molar-refractivity contribution is -0.118. The third-order valence-electron chi connectivity index (χ3n) is 3.18. The maximum absolute atomic E-state index is 12.7. The first-order valence-corrected chi connectivity index (χ1v) is 7.75. The first-order chi connectivity index (χ1) is 10.2. The van der Waals surface area contributed by atoms with Gasteiger partial charge in [-0.15, -0.1) is 5.10 Å². The monoisotopic (exact) mass is 306 g/mol. The fraction of sp³-hybridized carbons (Fsp3) is 0.357. The normalized spacial score (nSPS) is 14.1. The van der Waals surface area contributed by atoms with E-state index in [0.29, 0.717) is 17.6 Å². The molecule has 1 aliphatic rings. The van der Waals surface area contributed by atoms with E-state index in [1.54, 1.807) is 12.1 Å². The van der Waals surface area contributed by atoms with Crippen LogP contribution in [0.15, 0.2) is 29.4 Å². The average molecular weight is 306 g/mol. The number of hydrogen-bond donors (Lipinski definition) is 2. The van der Waals surface area contributed by atoms with Crippen molar-refractivity contribution >= 4 is 17.7 Å². The number of hydrogen-bond acceptors (Lipinski definition) is 4. The molecule has 5 nitrogen and oxygen atoms in total. The van der Waals surface area contributed by atoms with Crippen molar-refractivity contribution in [3.8, 4) is 0 Å². The van der Waals surface area contributed by atoms with Gasteiger partial charge in [-0.2, -0.15) is 0 Å². The molecule has 1 saturated carbocycles. The molecule has 1 aromatic carbocycles. The molecule has 0 spiro atoms. The van der Waals surface area contributed by atoms with Crippen LogP contribution in [0.4, 0.5) is 4.39 Å². The van der Waals surface area contributed by atoms with Gasteiger partial charge in [-0.05, 0) is 30.5 Å². The molecule has 0 atom stereocenters. The number of carbonyl (C=O) groups is 1. The minimum atomic E-state index is -0.281. The minimum Gasteiger partial charge on any atom is -0.351 e. The van der Waals surface area contributed by atoms with Crippen LogP contribution in [-0.2, 0) is 11.3 Å². The van der Waals surface area contributed by atoms with Crippen LogP contribution in [0.25, 0.3) is 0 Å². The average Bonchev–Trinajstić information content (AvgIpc) is 3.23. The van der Waals surface area contributed by atoms with Crippen molar-refractivity contribution in [3.05, 3.63) is 41.5 Å². The third kappa shape index (κ3) is 4.04. The Kier molecular flexibility index (Phi) is 4.19. The quantitative estimate of drug-likeness (QED) is 0.803. The van der Waals surface area contributed by atoms with E-state index in [-0.39, 0.29) is 17.5 Å².